The number of allylic oxidation sites excluding steroid dienone is 2. The smallest absolute Gasteiger partial charge is 0.422 e. The van der Waals surface area contributed by atoms with E-state index in [9.17, 15) is 23.1 Å². The predicted molar refractivity (Wildman–Crippen MR) is 129 cm³/mol. The molecule has 34 heavy (non-hydrogen) atoms. The molecule has 0 aliphatic heterocycles. The van der Waals surface area contributed by atoms with Crippen LogP contribution < -0.4 is 5.73 Å². The van der Waals surface area contributed by atoms with Crippen molar-refractivity contribution in [3.05, 3.63) is 106 Å². The lowest BCUT2D eigenvalue weighted by molar-refractivity contribution is -0.250. The van der Waals surface area contributed by atoms with Crippen molar-refractivity contribution in [2.45, 2.75) is 31.5 Å². The third kappa shape index (κ3) is 5.98. The molecule has 0 spiro atoms. The Labute approximate surface area is 201 Å². The fourth-order valence-electron chi connectivity index (χ4n) is 3.47. The van der Waals surface area contributed by atoms with Gasteiger partial charge >= 0.3 is 12.1 Å². The van der Waals surface area contributed by atoms with Crippen molar-refractivity contribution < 1.29 is 28.2 Å². The minimum absolute atomic E-state index is 0.0463. The number of aromatic carboxylic acids is 1. The molecule has 2 atom stereocenters. The highest BCUT2D eigenvalue weighted by Gasteiger charge is 2.59. The van der Waals surface area contributed by atoms with Crippen molar-refractivity contribution in [3.8, 4) is 0 Å². The highest BCUT2D eigenvalue weighted by Crippen LogP contribution is 2.48. The van der Waals surface area contributed by atoms with Gasteiger partial charge in [0.1, 0.15) is 0 Å². The predicted octanol–water partition coefficient (Wildman–Crippen LogP) is 6.58. The Morgan fingerprint density at radius 2 is 1.68 bits per heavy atom. The third-order valence-electron chi connectivity index (χ3n) is 5.29. The van der Waals surface area contributed by atoms with E-state index in [4.69, 9.17) is 22.4 Å². The summed E-state index contributed by atoms with van der Waals surface area (Å²) in [4.78, 5) is 10.9. The van der Waals surface area contributed by atoms with E-state index < -0.39 is 29.2 Å². The van der Waals surface area contributed by atoms with E-state index in [1.54, 1.807) is 30.4 Å². The maximum atomic E-state index is 14.2. The van der Waals surface area contributed by atoms with Gasteiger partial charge < -0.3 is 15.9 Å². The van der Waals surface area contributed by atoms with Gasteiger partial charge in [0, 0.05) is 10.9 Å². The molecule has 0 saturated heterocycles. The molecule has 8 heteroatoms. The quantitative estimate of drug-likeness (QED) is 0.287. The fraction of sp³-hybridized carbons (Fsp3) is 0.192. The Kier molecular flexibility index (Phi) is 8.53. The van der Waals surface area contributed by atoms with Crippen LogP contribution in [0.15, 0.2) is 78.5 Å². The normalized spacial score (nSPS) is 15.4. The van der Waals surface area contributed by atoms with Crippen molar-refractivity contribution in [2.24, 2.45) is 5.73 Å². The first-order valence-electron chi connectivity index (χ1n) is 10.2. The molecular weight excluding hydrogens is 467 g/mol. The van der Waals surface area contributed by atoms with Gasteiger partial charge in [0.2, 0.25) is 0 Å². The number of rotatable bonds is 8. The molecule has 0 aromatic heterocycles. The van der Waals surface area contributed by atoms with Gasteiger partial charge in [0.05, 0.1) is 5.56 Å². The first kappa shape index (κ1) is 27.0. The van der Waals surface area contributed by atoms with Gasteiger partial charge in [-0.1, -0.05) is 73.2 Å². The van der Waals surface area contributed by atoms with Crippen molar-refractivity contribution in [2.75, 3.05) is 0 Å². The third-order valence-corrected chi connectivity index (χ3v) is 5.62. The number of halogens is 4. The highest BCUT2D eigenvalue weighted by molar-refractivity contribution is 6.31. The number of alkyl halides is 3. The highest BCUT2D eigenvalue weighted by atomic mass is 35.5. The molecule has 2 aromatic rings. The summed E-state index contributed by atoms with van der Waals surface area (Å²) >= 11 is 6.35. The van der Waals surface area contributed by atoms with Crippen LogP contribution in [0.4, 0.5) is 13.2 Å². The summed E-state index contributed by atoms with van der Waals surface area (Å²) in [5.41, 5.74) is 3.53. The van der Waals surface area contributed by atoms with Gasteiger partial charge in [0.15, 0.2) is 5.60 Å². The number of benzene rings is 2. The summed E-state index contributed by atoms with van der Waals surface area (Å²) < 4.78 is 42.5. The number of hydrogen-bond donors (Lipinski definition) is 3. The van der Waals surface area contributed by atoms with Crippen LogP contribution in [0.25, 0.3) is 12.2 Å². The molecule has 0 radical (unpaired) electrons. The van der Waals surface area contributed by atoms with Crippen LogP contribution in [-0.4, -0.2) is 28.0 Å². The SMILES string of the molecule is C=C(C)/C=C(\C=C/N)C(O)(C(C)c1ccc(/C=C/c2ccc(C(=O)O)cc2)cc1Cl)C(F)(F)F. The van der Waals surface area contributed by atoms with E-state index in [0.717, 1.165) is 23.9 Å². The Bertz CT molecular complexity index is 1150. The molecule has 2 rings (SSSR count). The second kappa shape index (κ2) is 10.8. The zero-order valence-electron chi connectivity index (χ0n) is 18.6. The standard InChI is InChI=1S/C26H25ClF3NO3/c1-16(2)14-21(12-13-31)25(34,26(28,29)30)17(3)22-11-8-19(15-23(22)27)5-4-18-6-9-20(10-7-18)24(32)33/h4-15,17,34H,1,31H2,2-3H3,(H,32,33)/b5-4+,13-12-,21-14+. The second-order valence-corrected chi connectivity index (χ2v) is 8.24. The minimum atomic E-state index is -5.03. The van der Waals surface area contributed by atoms with Gasteiger partial charge in [-0.3, -0.25) is 0 Å². The molecule has 0 fully saturated rings. The number of hydrogen-bond acceptors (Lipinski definition) is 3. The topological polar surface area (TPSA) is 83.5 Å². The Balaban J connectivity index is 2.44. The average molecular weight is 492 g/mol. The molecule has 0 bridgehead atoms. The molecule has 4 N–H and O–H groups in total. The zero-order chi connectivity index (χ0) is 25.7. The Hall–Kier alpha value is -3.29. The van der Waals surface area contributed by atoms with E-state index in [1.807, 2.05) is 0 Å². The molecule has 180 valence electrons. The molecular formula is C26H25ClF3NO3. The second-order valence-electron chi connectivity index (χ2n) is 7.83. The van der Waals surface area contributed by atoms with Crippen LogP contribution in [0.3, 0.4) is 0 Å². The maximum absolute atomic E-state index is 14.2. The number of carbonyl (C=O) groups is 1. The van der Waals surface area contributed by atoms with E-state index >= 15 is 0 Å². The monoisotopic (exact) mass is 491 g/mol. The zero-order valence-corrected chi connectivity index (χ0v) is 19.4. The lowest BCUT2D eigenvalue weighted by Gasteiger charge is -2.37. The lowest BCUT2D eigenvalue weighted by Crippen LogP contribution is -2.50. The van der Waals surface area contributed by atoms with Crippen molar-refractivity contribution in [3.63, 3.8) is 0 Å². The first-order chi connectivity index (χ1) is 15.8. The average Bonchev–Trinajstić information content (AvgIpc) is 2.75. The lowest BCUT2D eigenvalue weighted by atomic mass is 9.76. The summed E-state index contributed by atoms with van der Waals surface area (Å²) in [7, 11) is 0. The minimum Gasteiger partial charge on any atom is -0.478 e. The molecule has 2 unspecified atom stereocenters. The van der Waals surface area contributed by atoms with E-state index in [-0.39, 0.29) is 16.1 Å². The summed E-state index contributed by atoms with van der Waals surface area (Å²) in [6, 6.07) is 10.7. The van der Waals surface area contributed by atoms with Crippen LogP contribution in [-0.2, 0) is 0 Å². The molecule has 0 saturated carbocycles. The van der Waals surface area contributed by atoms with Crippen LogP contribution in [0.1, 0.15) is 46.8 Å². The summed E-state index contributed by atoms with van der Waals surface area (Å²) in [6.45, 7) is 6.35. The van der Waals surface area contributed by atoms with E-state index in [2.05, 4.69) is 6.58 Å². The molecule has 2 aromatic carbocycles. The van der Waals surface area contributed by atoms with Gasteiger partial charge in [-0.15, -0.1) is 0 Å². The summed E-state index contributed by atoms with van der Waals surface area (Å²) in [5, 5.41) is 20.0. The molecule has 4 nitrogen and oxygen atoms in total. The Morgan fingerprint density at radius 1 is 1.12 bits per heavy atom. The number of aliphatic hydroxyl groups is 1. The van der Waals surface area contributed by atoms with Gasteiger partial charge in [-0.05, 0) is 59.7 Å². The molecule has 0 aliphatic rings. The number of carboxylic acid groups (broad SMARTS) is 1. The molecule has 0 amide bonds. The number of nitrogens with two attached hydrogens (primary N) is 1. The summed E-state index contributed by atoms with van der Waals surface area (Å²) in [5.74, 6) is -2.50. The molecule has 0 aliphatic carbocycles. The molecule has 0 heterocycles. The van der Waals surface area contributed by atoms with Gasteiger partial charge in [0.25, 0.3) is 0 Å². The van der Waals surface area contributed by atoms with Crippen molar-refractivity contribution in [1.29, 1.82) is 0 Å². The van der Waals surface area contributed by atoms with E-state index in [1.165, 1.54) is 38.1 Å². The summed E-state index contributed by atoms with van der Waals surface area (Å²) in [6.07, 6.45) is 1.43. The van der Waals surface area contributed by atoms with Crippen LogP contribution >= 0.6 is 11.6 Å². The van der Waals surface area contributed by atoms with Crippen LogP contribution in [0, 0.1) is 0 Å². The maximum Gasteiger partial charge on any atom is 0.422 e. The van der Waals surface area contributed by atoms with Gasteiger partial charge in [-0.25, -0.2) is 4.79 Å². The largest absolute Gasteiger partial charge is 0.478 e. The Morgan fingerprint density at radius 3 is 2.15 bits per heavy atom. The first-order valence-corrected chi connectivity index (χ1v) is 10.5. The van der Waals surface area contributed by atoms with Crippen molar-refractivity contribution in [1.82, 2.24) is 0 Å². The van der Waals surface area contributed by atoms with Crippen LogP contribution in [0.5, 0.6) is 0 Å². The van der Waals surface area contributed by atoms with E-state index in [0.29, 0.717) is 11.1 Å². The number of carboxylic acids is 1. The van der Waals surface area contributed by atoms with Crippen LogP contribution in [0.2, 0.25) is 5.02 Å². The van der Waals surface area contributed by atoms with Crippen molar-refractivity contribution >= 4 is 29.7 Å². The van der Waals surface area contributed by atoms with Gasteiger partial charge in [-0.2, -0.15) is 13.2 Å². The fourth-order valence-corrected chi connectivity index (χ4v) is 3.82.